The van der Waals surface area contributed by atoms with Gasteiger partial charge in [-0.25, -0.2) is 4.79 Å². The first kappa shape index (κ1) is 9.98. The van der Waals surface area contributed by atoms with Gasteiger partial charge in [-0.2, -0.15) is 0 Å². The van der Waals surface area contributed by atoms with Gasteiger partial charge in [-0.1, -0.05) is 12.1 Å². The maximum absolute atomic E-state index is 11.5. The number of hydrogen-bond acceptors (Lipinski definition) is 4. The highest BCUT2D eigenvalue weighted by atomic mass is 16.5. The smallest absolute Gasteiger partial charge is 0.340 e. The Hall–Kier alpha value is -1.55. The molecule has 4 nitrogen and oxygen atoms in total. The average Bonchev–Trinajstić information content (AvgIpc) is 2.96. The first-order valence-corrected chi connectivity index (χ1v) is 4.78. The van der Waals surface area contributed by atoms with Gasteiger partial charge in [-0.3, -0.25) is 0 Å². The minimum absolute atomic E-state index is 0.292. The van der Waals surface area contributed by atoms with Gasteiger partial charge in [-0.15, -0.1) is 0 Å². The molecule has 0 spiro atoms. The first-order valence-electron chi connectivity index (χ1n) is 4.78. The van der Waals surface area contributed by atoms with Crippen LogP contribution in [-0.2, 0) is 10.3 Å². The zero-order chi connectivity index (χ0) is 11.1. The third-order valence-corrected chi connectivity index (χ3v) is 2.71. The van der Waals surface area contributed by atoms with Crippen molar-refractivity contribution in [2.45, 2.75) is 18.4 Å². The zero-order valence-electron chi connectivity index (χ0n) is 8.49. The second-order valence-corrected chi connectivity index (χ2v) is 3.79. The van der Waals surface area contributed by atoms with Crippen LogP contribution in [0.2, 0.25) is 0 Å². The maximum atomic E-state index is 11.5. The number of ether oxygens (including phenoxy) is 1. The van der Waals surface area contributed by atoms with E-state index in [0.29, 0.717) is 29.7 Å². The fourth-order valence-corrected chi connectivity index (χ4v) is 1.68. The van der Waals surface area contributed by atoms with Gasteiger partial charge in [0.15, 0.2) is 0 Å². The molecule has 0 unspecified atom stereocenters. The van der Waals surface area contributed by atoms with E-state index in [1.54, 1.807) is 18.2 Å². The van der Waals surface area contributed by atoms with Crippen LogP contribution in [0, 0.1) is 0 Å². The molecule has 0 radical (unpaired) electrons. The molecule has 2 rings (SSSR count). The molecular weight excluding hydrogens is 194 g/mol. The minimum atomic E-state index is -0.876. The molecule has 1 aliphatic carbocycles. The molecule has 1 aliphatic rings. The minimum Gasteiger partial charge on any atom is -0.465 e. The number of methoxy groups -OCH3 is 1. The first-order chi connectivity index (χ1) is 7.08. The highest BCUT2D eigenvalue weighted by Crippen LogP contribution is 2.47. The lowest BCUT2D eigenvalue weighted by Crippen LogP contribution is -2.15. The molecule has 0 amide bonds. The fourth-order valence-electron chi connectivity index (χ4n) is 1.68. The van der Waals surface area contributed by atoms with Crippen LogP contribution < -0.4 is 5.73 Å². The molecule has 15 heavy (non-hydrogen) atoms. The van der Waals surface area contributed by atoms with Gasteiger partial charge in [0.2, 0.25) is 0 Å². The van der Waals surface area contributed by atoms with E-state index < -0.39 is 11.6 Å². The van der Waals surface area contributed by atoms with Crippen LogP contribution in [0.4, 0.5) is 5.69 Å². The number of carbonyl (C=O) groups is 1. The maximum Gasteiger partial charge on any atom is 0.340 e. The van der Waals surface area contributed by atoms with Crippen molar-refractivity contribution in [1.82, 2.24) is 0 Å². The Morgan fingerprint density at radius 3 is 2.73 bits per heavy atom. The van der Waals surface area contributed by atoms with Crippen LogP contribution in [0.5, 0.6) is 0 Å². The van der Waals surface area contributed by atoms with Crippen molar-refractivity contribution in [3.8, 4) is 0 Å². The van der Waals surface area contributed by atoms with Crippen LogP contribution in [0.25, 0.3) is 0 Å². The van der Waals surface area contributed by atoms with Gasteiger partial charge >= 0.3 is 5.97 Å². The Labute approximate surface area is 87.7 Å². The molecule has 1 aromatic rings. The van der Waals surface area contributed by atoms with Crippen molar-refractivity contribution in [1.29, 1.82) is 0 Å². The summed E-state index contributed by atoms with van der Waals surface area (Å²) in [6, 6.07) is 5.07. The number of nitrogens with two attached hydrogens (primary N) is 1. The topological polar surface area (TPSA) is 72.5 Å². The van der Waals surface area contributed by atoms with E-state index in [2.05, 4.69) is 4.74 Å². The number of anilines is 1. The second kappa shape index (κ2) is 3.24. The summed E-state index contributed by atoms with van der Waals surface area (Å²) in [6.07, 6.45) is 1.33. The number of nitrogen functional groups attached to an aromatic ring is 1. The summed E-state index contributed by atoms with van der Waals surface area (Å²) in [6.45, 7) is 0. The monoisotopic (exact) mass is 207 g/mol. The average molecular weight is 207 g/mol. The molecule has 4 heteroatoms. The molecule has 0 aromatic heterocycles. The standard InChI is InChI=1S/C11H13NO3/c1-15-10(13)9-7(11(14)5-6-11)3-2-4-8(9)12/h2-4,14H,5-6,12H2,1H3. The molecular formula is C11H13NO3. The molecule has 1 saturated carbocycles. The number of carbonyl (C=O) groups excluding carboxylic acids is 1. The predicted molar refractivity (Wildman–Crippen MR) is 55.3 cm³/mol. The van der Waals surface area contributed by atoms with Crippen molar-refractivity contribution >= 4 is 11.7 Å². The summed E-state index contributed by atoms with van der Waals surface area (Å²) in [5, 5.41) is 9.99. The highest BCUT2D eigenvalue weighted by molar-refractivity contribution is 5.97. The Morgan fingerprint density at radius 2 is 2.20 bits per heavy atom. The van der Waals surface area contributed by atoms with Crippen molar-refractivity contribution in [2.75, 3.05) is 12.8 Å². The summed E-state index contributed by atoms with van der Waals surface area (Å²) in [5.41, 5.74) is 6.05. The summed E-state index contributed by atoms with van der Waals surface area (Å²) >= 11 is 0. The van der Waals surface area contributed by atoms with Crippen molar-refractivity contribution in [2.24, 2.45) is 0 Å². The van der Waals surface area contributed by atoms with Crippen molar-refractivity contribution in [3.05, 3.63) is 29.3 Å². The summed E-state index contributed by atoms with van der Waals surface area (Å²) < 4.78 is 4.65. The second-order valence-electron chi connectivity index (χ2n) is 3.79. The normalized spacial score (nSPS) is 17.2. The van der Waals surface area contributed by atoms with E-state index in [0.717, 1.165) is 0 Å². The van der Waals surface area contributed by atoms with Crippen LogP contribution in [0.3, 0.4) is 0 Å². The summed E-state index contributed by atoms with van der Waals surface area (Å²) in [4.78, 5) is 11.5. The van der Waals surface area contributed by atoms with Gasteiger partial charge in [-0.05, 0) is 18.9 Å². The summed E-state index contributed by atoms with van der Waals surface area (Å²) in [5.74, 6) is -0.497. The van der Waals surface area contributed by atoms with E-state index in [9.17, 15) is 9.90 Å². The molecule has 80 valence electrons. The zero-order valence-corrected chi connectivity index (χ0v) is 8.49. The van der Waals surface area contributed by atoms with E-state index in [4.69, 9.17) is 5.73 Å². The van der Waals surface area contributed by atoms with Gasteiger partial charge in [0, 0.05) is 11.3 Å². The summed E-state index contributed by atoms with van der Waals surface area (Å²) in [7, 11) is 1.30. The molecule has 0 saturated heterocycles. The van der Waals surface area contributed by atoms with Gasteiger partial charge in [0.1, 0.15) is 0 Å². The third-order valence-electron chi connectivity index (χ3n) is 2.71. The SMILES string of the molecule is COC(=O)c1c(N)cccc1C1(O)CC1. The Balaban J connectivity index is 2.54. The van der Waals surface area contributed by atoms with E-state index >= 15 is 0 Å². The molecule has 0 heterocycles. The highest BCUT2D eigenvalue weighted by Gasteiger charge is 2.45. The molecule has 1 aromatic carbocycles. The quantitative estimate of drug-likeness (QED) is 0.561. The van der Waals surface area contributed by atoms with Crippen molar-refractivity contribution in [3.63, 3.8) is 0 Å². The Morgan fingerprint density at radius 1 is 1.53 bits per heavy atom. The number of rotatable bonds is 2. The fraction of sp³-hybridized carbons (Fsp3) is 0.364. The lowest BCUT2D eigenvalue weighted by Gasteiger charge is -2.14. The van der Waals surface area contributed by atoms with E-state index in [1.165, 1.54) is 7.11 Å². The van der Waals surface area contributed by atoms with Crippen LogP contribution >= 0.6 is 0 Å². The van der Waals surface area contributed by atoms with Gasteiger partial charge < -0.3 is 15.6 Å². The van der Waals surface area contributed by atoms with Gasteiger partial charge in [0.05, 0.1) is 18.3 Å². The van der Waals surface area contributed by atoms with Crippen molar-refractivity contribution < 1.29 is 14.6 Å². The van der Waals surface area contributed by atoms with Crippen LogP contribution in [-0.4, -0.2) is 18.2 Å². The molecule has 1 fully saturated rings. The third kappa shape index (κ3) is 1.57. The number of hydrogen-bond donors (Lipinski definition) is 2. The van der Waals surface area contributed by atoms with Gasteiger partial charge in [0.25, 0.3) is 0 Å². The Bertz CT molecular complexity index is 410. The number of aliphatic hydroxyl groups is 1. The largest absolute Gasteiger partial charge is 0.465 e. The van der Waals surface area contributed by atoms with Crippen LogP contribution in [0.15, 0.2) is 18.2 Å². The molecule has 0 aliphatic heterocycles. The van der Waals surface area contributed by atoms with E-state index in [1.807, 2.05) is 0 Å². The van der Waals surface area contributed by atoms with E-state index in [-0.39, 0.29) is 0 Å². The van der Waals surface area contributed by atoms with Crippen LogP contribution in [0.1, 0.15) is 28.8 Å². The molecule has 3 N–H and O–H groups in total. The lowest BCUT2D eigenvalue weighted by atomic mass is 9.99. The molecule has 0 bridgehead atoms. The number of esters is 1. The lowest BCUT2D eigenvalue weighted by molar-refractivity contribution is 0.0591. The number of benzene rings is 1. The molecule has 0 atom stereocenters. The Kier molecular flexibility index (Phi) is 2.16. The predicted octanol–water partition coefficient (Wildman–Crippen LogP) is 1.04.